The molecule has 0 saturated heterocycles. The molecule has 0 radical (unpaired) electrons. The van der Waals surface area contributed by atoms with Crippen molar-refractivity contribution in [3.05, 3.63) is 71.8 Å². The van der Waals surface area contributed by atoms with Gasteiger partial charge in [0.2, 0.25) is 0 Å². The Kier molecular flexibility index (Phi) is 8.24. The standard InChI is InChI=1S/C28H34O4/c29-27-15-23(11-13-25(27)19-31-17-21-7-3-1-4-8-21)24-12-14-26(28(30)16-24)20-32-18-22-9-5-2-6-10-22/h1-10,23-26H,11-20H2/t23-,24-,25+,26+/m0/s1. The summed E-state index contributed by atoms with van der Waals surface area (Å²) < 4.78 is 11.6. The van der Waals surface area contributed by atoms with Crippen molar-refractivity contribution in [2.24, 2.45) is 23.7 Å². The van der Waals surface area contributed by atoms with E-state index in [0.717, 1.165) is 36.8 Å². The molecule has 0 unspecified atom stereocenters. The highest BCUT2D eigenvalue weighted by Gasteiger charge is 2.37. The summed E-state index contributed by atoms with van der Waals surface area (Å²) in [6.07, 6.45) is 5.02. The molecule has 4 rings (SSSR count). The summed E-state index contributed by atoms with van der Waals surface area (Å²) in [5, 5.41) is 0. The van der Waals surface area contributed by atoms with Gasteiger partial charge >= 0.3 is 0 Å². The Morgan fingerprint density at radius 2 is 1.00 bits per heavy atom. The lowest BCUT2D eigenvalue weighted by Crippen LogP contribution is -2.36. The quantitative estimate of drug-likeness (QED) is 0.531. The van der Waals surface area contributed by atoms with Crippen molar-refractivity contribution in [1.82, 2.24) is 0 Å². The maximum Gasteiger partial charge on any atom is 0.138 e. The molecule has 2 aliphatic rings. The second-order valence-electron chi connectivity index (χ2n) is 9.41. The monoisotopic (exact) mass is 434 g/mol. The number of rotatable bonds is 9. The highest BCUT2D eigenvalue weighted by Crippen LogP contribution is 2.39. The van der Waals surface area contributed by atoms with Crippen LogP contribution in [0.4, 0.5) is 0 Å². The van der Waals surface area contributed by atoms with Gasteiger partial charge in [0.1, 0.15) is 11.6 Å². The molecule has 0 amide bonds. The van der Waals surface area contributed by atoms with Gasteiger partial charge in [-0.05, 0) is 48.6 Å². The van der Waals surface area contributed by atoms with Crippen molar-refractivity contribution < 1.29 is 19.1 Å². The molecule has 4 heteroatoms. The number of hydrogen-bond acceptors (Lipinski definition) is 4. The summed E-state index contributed by atoms with van der Waals surface area (Å²) in [6.45, 7) is 2.12. The van der Waals surface area contributed by atoms with Crippen molar-refractivity contribution in [2.45, 2.75) is 51.7 Å². The number of benzene rings is 2. The van der Waals surface area contributed by atoms with Gasteiger partial charge in [0.15, 0.2) is 0 Å². The lowest BCUT2D eigenvalue weighted by molar-refractivity contribution is -0.133. The zero-order valence-corrected chi connectivity index (χ0v) is 18.8. The van der Waals surface area contributed by atoms with E-state index in [9.17, 15) is 9.59 Å². The molecule has 170 valence electrons. The predicted molar refractivity (Wildman–Crippen MR) is 124 cm³/mol. The van der Waals surface area contributed by atoms with E-state index in [1.165, 1.54) is 0 Å². The van der Waals surface area contributed by atoms with Gasteiger partial charge in [0.05, 0.1) is 26.4 Å². The van der Waals surface area contributed by atoms with Gasteiger partial charge in [0, 0.05) is 24.7 Å². The average molecular weight is 435 g/mol. The molecule has 4 atom stereocenters. The summed E-state index contributed by atoms with van der Waals surface area (Å²) in [6, 6.07) is 20.1. The molecule has 0 heterocycles. The second-order valence-corrected chi connectivity index (χ2v) is 9.41. The van der Waals surface area contributed by atoms with Crippen LogP contribution in [0.15, 0.2) is 60.7 Å². The maximum atomic E-state index is 12.7. The number of ether oxygens (including phenoxy) is 2. The van der Waals surface area contributed by atoms with Crippen molar-refractivity contribution in [2.75, 3.05) is 13.2 Å². The summed E-state index contributed by atoms with van der Waals surface area (Å²) in [5.41, 5.74) is 2.27. The molecule has 0 aliphatic heterocycles. The highest BCUT2D eigenvalue weighted by atomic mass is 16.5. The maximum absolute atomic E-state index is 12.7. The smallest absolute Gasteiger partial charge is 0.138 e. The lowest BCUT2D eigenvalue weighted by atomic mass is 9.68. The predicted octanol–water partition coefficient (Wildman–Crippen LogP) is 5.39. The van der Waals surface area contributed by atoms with Gasteiger partial charge in [-0.25, -0.2) is 0 Å². The van der Waals surface area contributed by atoms with Crippen LogP contribution in [0.3, 0.4) is 0 Å². The third kappa shape index (κ3) is 6.36. The molecule has 2 aromatic carbocycles. The van der Waals surface area contributed by atoms with Crippen LogP contribution in [0.2, 0.25) is 0 Å². The fraction of sp³-hybridized carbons (Fsp3) is 0.500. The largest absolute Gasteiger partial charge is 0.376 e. The fourth-order valence-electron chi connectivity index (χ4n) is 5.15. The molecular formula is C28H34O4. The zero-order chi connectivity index (χ0) is 22.2. The van der Waals surface area contributed by atoms with Crippen molar-refractivity contribution in [3.63, 3.8) is 0 Å². The minimum Gasteiger partial charge on any atom is -0.376 e. The fourth-order valence-corrected chi connectivity index (χ4v) is 5.15. The Morgan fingerprint density at radius 1 is 0.594 bits per heavy atom. The van der Waals surface area contributed by atoms with Crippen LogP contribution in [-0.4, -0.2) is 24.8 Å². The zero-order valence-electron chi connectivity index (χ0n) is 18.8. The van der Waals surface area contributed by atoms with Crippen LogP contribution >= 0.6 is 0 Å². The highest BCUT2D eigenvalue weighted by molar-refractivity contribution is 5.83. The van der Waals surface area contributed by atoms with Crippen LogP contribution < -0.4 is 0 Å². The molecule has 0 spiro atoms. The van der Waals surface area contributed by atoms with Crippen LogP contribution in [0.1, 0.15) is 49.7 Å². The van der Waals surface area contributed by atoms with E-state index in [2.05, 4.69) is 0 Å². The van der Waals surface area contributed by atoms with Crippen LogP contribution in [0.5, 0.6) is 0 Å². The third-order valence-corrected chi connectivity index (χ3v) is 7.14. The lowest BCUT2D eigenvalue weighted by Gasteiger charge is -2.36. The molecule has 2 fully saturated rings. The van der Waals surface area contributed by atoms with Gasteiger partial charge in [-0.3, -0.25) is 9.59 Å². The first-order valence-corrected chi connectivity index (χ1v) is 12.0. The van der Waals surface area contributed by atoms with Crippen LogP contribution in [0, 0.1) is 23.7 Å². The van der Waals surface area contributed by atoms with Crippen LogP contribution in [0.25, 0.3) is 0 Å². The molecule has 0 bridgehead atoms. The molecule has 2 aromatic rings. The SMILES string of the molecule is O=C1C[C@@H]([C@H]2CC[C@H](COCc3ccccc3)C(=O)C2)CC[C@@H]1COCc1ccccc1. The summed E-state index contributed by atoms with van der Waals surface area (Å²) in [7, 11) is 0. The average Bonchev–Trinajstić information content (AvgIpc) is 2.82. The van der Waals surface area contributed by atoms with Gasteiger partial charge in [-0.15, -0.1) is 0 Å². The van der Waals surface area contributed by atoms with E-state index in [1.807, 2.05) is 60.7 Å². The minimum absolute atomic E-state index is 0.00777. The van der Waals surface area contributed by atoms with Crippen LogP contribution in [-0.2, 0) is 32.3 Å². The summed E-state index contributed by atoms with van der Waals surface area (Å²) in [5.74, 6) is 1.35. The van der Waals surface area contributed by atoms with E-state index in [0.29, 0.717) is 62.7 Å². The first-order chi connectivity index (χ1) is 15.7. The number of Topliss-reactive ketones (excluding diaryl/α,β-unsaturated/α-hetero) is 2. The van der Waals surface area contributed by atoms with Gasteiger partial charge in [-0.2, -0.15) is 0 Å². The molecule has 32 heavy (non-hydrogen) atoms. The van der Waals surface area contributed by atoms with E-state index >= 15 is 0 Å². The molecule has 0 N–H and O–H groups in total. The van der Waals surface area contributed by atoms with Gasteiger partial charge in [0.25, 0.3) is 0 Å². The first kappa shape index (κ1) is 22.9. The molecular weight excluding hydrogens is 400 g/mol. The summed E-state index contributed by atoms with van der Waals surface area (Å²) >= 11 is 0. The number of ketones is 2. The molecule has 4 nitrogen and oxygen atoms in total. The molecule has 2 aliphatic carbocycles. The normalized spacial score (nSPS) is 26.2. The number of hydrogen-bond donors (Lipinski definition) is 0. The topological polar surface area (TPSA) is 52.6 Å². The van der Waals surface area contributed by atoms with Gasteiger partial charge < -0.3 is 9.47 Å². The van der Waals surface area contributed by atoms with E-state index < -0.39 is 0 Å². The van der Waals surface area contributed by atoms with Crippen molar-refractivity contribution in [3.8, 4) is 0 Å². The Hall–Kier alpha value is -2.30. The Labute approximate surface area is 191 Å². The van der Waals surface area contributed by atoms with E-state index in [4.69, 9.17) is 9.47 Å². The third-order valence-electron chi connectivity index (χ3n) is 7.14. The number of carbonyl (C=O) groups excluding carboxylic acids is 2. The molecule has 0 aromatic heterocycles. The van der Waals surface area contributed by atoms with Gasteiger partial charge in [-0.1, -0.05) is 60.7 Å². The second kappa shape index (κ2) is 11.5. The van der Waals surface area contributed by atoms with Crippen molar-refractivity contribution >= 4 is 11.6 Å². The Balaban J connectivity index is 1.16. The Bertz CT molecular complexity index is 790. The van der Waals surface area contributed by atoms with E-state index in [-0.39, 0.29) is 11.8 Å². The Morgan fingerprint density at radius 3 is 1.38 bits per heavy atom. The molecule has 2 saturated carbocycles. The first-order valence-electron chi connectivity index (χ1n) is 12.0. The summed E-state index contributed by atoms with van der Waals surface area (Å²) in [4.78, 5) is 25.5. The van der Waals surface area contributed by atoms with Crippen molar-refractivity contribution in [1.29, 1.82) is 0 Å². The number of carbonyl (C=O) groups is 2. The van der Waals surface area contributed by atoms with E-state index in [1.54, 1.807) is 0 Å². The minimum atomic E-state index is 0.00777.